The first-order chi connectivity index (χ1) is 12.8. The summed E-state index contributed by atoms with van der Waals surface area (Å²) in [5, 5.41) is 2.61. The molecule has 2 unspecified atom stereocenters. The lowest BCUT2D eigenvalue weighted by Gasteiger charge is -2.34. The number of likely N-dealkylation sites (tertiary alicyclic amines) is 1. The van der Waals surface area contributed by atoms with E-state index in [9.17, 15) is 18.0 Å². The van der Waals surface area contributed by atoms with Crippen LogP contribution in [0.3, 0.4) is 0 Å². The van der Waals surface area contributed by atoms with Gasteiger partial charge in [-0.05, 0) is 43.9 Å². The van der Waals surface area contributed by atoms with Crippen molar-refractivity contribution in [1.29, 1.82) is 0 Å². The number of hydrogen-bond acceptors (Lipinski definition) is 5. The van der Waals surface area contributed by atoms with Crippen molar-refractivity contribution in [2.24, 2.45) is 11.7 Å². The minimum Gasteiger partial charge on any atom is -0.354 e. The molecular formula is C18H26N4O4S. The third-order valence-corrected chi connectivity index (χ3v) is 7.05. The van der Waals surface area contributed by atoms with E-state index >= 15 is 0 Å². The predicted octanol–water partition coefficient (Wildman–Crippen LogP) is 0.00650. The monoisotopic (exact) mass is 394 g/mol. The Kier molecular flexibility index (Phi) is 5.83. The average Bonchev–Trinajstić information content (AvgIpc) is 2.67. The van der Waals surface area contributed by atoms with Crippen LogP contribution in [0.4, 0.5) is 0 Å². The van der Waals surface area contributed by atoms with Gasteiger partial charge in [0.05, 0.1) is 11.4 Å². The highest BCUT2D eigenvalue weighted by Gasteiger charge is 2.31. The van der Waals surface area contributed by atoms with Crippen molar-refractivity contribution in [2.75, 3.05) is 32.7 Å². The molecule has 2 aliphatic heterocycles. The van der Waals surface area contributed by atoms with Gasteiger partial charge in [-0.3, -0.25) is 9.59 Å². The molecule has 9 heteroatoms. The molecule has 3 rings (SSSR count). The number of rotatable bonds is 4. The van der Waals surface area contributed by atoms with E-state index in [-0.39, 0.29) is 48.3 Å². The van der Waals surface area contributed by atoms with E-state index in [0.29, 0.717) is 18.7 Å². The first kappa shape index (κ1) is 19.8. The molecule has 2 saturated heterocycles. The maximum absolute atomic E-state index is 12.9. The Hall–Kier alpha value is -1.97. The van der Waals surface area contributed by atoms with Gasteiger partial charge >= 0.3 is 0 Å². The number of piperazine rings is 1. The molecule has 148 valence electrons. The second kappa shape index (κ2) is 7.95. The molecule has 0 aromatic heterocycles. The minimum absolute atomic E-state index is 0.0116. The van der Waals surface area contributed by atoms with Gasteiger partial charge in [-0.2, -0.15) is 4.31 Å². The van der Waals surface area contributed by atoms with Crippen molar-refractivity contribution in [3.05, 3.63) is 29.8 Å². The topological polar surface area (TPSA) is 113 Å². The van der Waals surface area contributed by atoms with Crippen molar-refractivity contribution in [3.8, 4) is 0 Å². The molecule has 2 amide bonds. The number of benzene rings is 1. The summed E-state index contributed by atoms with van der Waals surface area (Å²) in [6.07, 6.45) is 1.88. The molecule has 27 heavy (non-hydrogen) atoms. The highest BCUT2D eigenvalue weighted by atomic mass is 32.2. The van der Waals surface area contributed by atoms with Crippen molar-refractivity contribution in [1.82, 2.24) is 14.5 Å². The molecule has 2 aliphatic rings. The number of carbonyl (C=O) groups excluding carboxylic acids is 2. The maximum atomic E-state index is 12.9. The van der Waals surface area contributed by atoms with Crippen molar-refractivity contribution >= 4 is 21.8 Å². The Morgan fingerprint density at radius 3 is 2.81 bits per heavy atom. The number of sulfonamides is 1. The van der Waals surface area contributed by atoms with Crippen LogP contribution >= 0.6 is 0 Å². The molecule has 1 aromatic rings. The molecule has 8 nitrogen and oxygen atoms in total. The zero-order valence-corrected chi connectivity index (χ0v) is 16.2. The first-order valence-electron chi connectivity index (χ1n) is 9.21. The molecule has 3 N–H and O–H groups in total. The summed E-state index contributed by atoms with van der Waals surface area (Å²) < 4.78 is 26.8. The van der Waals surface area contributed by atoms with E-state index in [0.717, 1.165) is 17.1 Å². The molecule has 0 radical (unpaired) electrons. The lowest BCUT2D eigenvalue weighted by molar-refractivity contribution is -0.122. The third kappa shape index (κ3) is 4.31. The fourth-order valence-electron chi connectivity index (χ4n) is 3.57. The molecular weight excluding hydrogens is 368 g/mol. The summed E-state index contributed by atoms with van der Waals surface area (Å²) in [7, 11) is -3.82. The minimum atomic E-state index is -3.82. The van der Waals surface area contributed by atoms with Crippen molar-refractivity contribution in [3.63, 3.8) is 0 Å². The number of carbonyl (C=O) groups is 2. The lowest BCUT2D eigenvalue weighted by atomic mass is 9.92. The standard InChI is InChI=1S/C18H26N4O4S/c1-13(19)15-5-3-8-21(11-15)18(24)14-4-2-6-16(10-14)27(25,26)22-9-7-20-17(23)12-22/h2,4,6,10,13,15H,3,5,7-9,11-12,19H2,1H3,(H,20,23). The molecule has 2 heterocycles. The lowest BCUT2D eigenvalue weighted by Crippen LogP contribution is -2.49. The second-order valence-corrected chi connectivity index (χ2v) is 9.17. The van der Waals surface area contributed by atoms with Crippen LogP contribution in [0.2, 0.25) is 0 Å². The molecule has 0 saturated carbocycles. The Balaban J connectivity index is 1.80. The molecule has 2 atom stereocenters. The van der Waals surface area contributed by atoms with Gasteiger partial charge in [-0.1, -0.05) is 6.07 Å². The largest absolute Gasteiger partial charge is 0.354 e. The van der Waals surface area contributed by atoms with Crippen LogP contribution in [0.1, 0.15) is 30.1 Å². The quantitative estimate of drug-likeness (QED) is 0.747. The van der Waals surface area contributed by atoms with E-state index in [1.165, 1.54) is 12.1 Å². The van der Waals surface area contributed by atoms with Gasteiger partial charge in [0.15, 0.2) is 0 Å². The summed E-state index contributed by atoms with van der Waals surface area (Å²) in [4.78, 5) is 26.2. The van der Waals surface area contributed by atoms with Gasteiger partial charge in [-0.15, -0.1) is 0 Å². The van der Waals surface area contributed by atoms with Crippen LogP contribution in [0, 0.1) is 5.92 Å². The number of hydrogen-bond donors (Lipinski definition) is 2. The Morgan fingerprint density at radius 2 is 2.11 bits per heavy atom. The SMILES string of the molecule is CC(N)C1CCCN(C(=O)c2cccc(S(=O)(=O)N3CCNC(=O)C3)c2)C1. The zero-order chi connectivity index (χ0) is 19.6. The van der Waals surface area contributed by atoms with E-state index in [4.69, 9.17) is 5.73 Å². The molecule has 0 aliphatic carbocycles. The van der Waals surface area contributed by atoms with Crippen molar-refractivity contribution in [2.45, 2.75) is 30.7 Å². The van der Waals surface area contributed by atoms with Crippen LogP contribution in [-0.2, 0) is 14.8 Å². The van der Waals surface area contributed by atoms with Gasteiger partial charge in [-0.25, -0.2) is 8.42 Å². The fraction of sp³-hybridized carbons (Fsp3) is 0.556. The van der Waals surface area contributed by atoms with Gasteiger partial charge in [0.1, 0.15) is 0 Å². The maximum Gasteiger partial charge on any atom is 0.253 e. The first-order valence-corrected chi connectivity index (χ1v) is 10.6. The Labute approximate surface area is 159 Å². The number of nitrogens with one attached hydrogen (secondary N) is 1. The van der Waals surface area contributed by atoms with Crippen LogP contribution in [0.15, 0.2) is 29.2 Å². The van der Waals surface area contributed by atoms with E-state index in [2.05, 4.69) is 5.32 Å². The fourth-order valence-corrected chi connectivity index (χ4v) is 5.01. The van der Waals surface area contributed by atoms with E-state index in [1.807, 2.05) is 6.92 Å². The summed E-state index contributed by atoms with van der Waals surface area (Å²) >= 11 is 0. The summed E-state index contributed by atoms with van der Waals surface area (Å²) in [6, 6.07) is 6.06. The van der Waals surface area contributed by atoms with Crippen LogP contribution < -0.4 is 11.1 Å². The van der Waals surface area contributed by atoms with Gasteiger partial charge < -0.3 is 16.0 Å². The highest BCUT2D eigenvalue weighted by Crippen LogP contribution is 2.23. The second-order valence-electron chi connectivity index (χ2n) is 7.23. The number of nitrogens with zero attached hydrogens (tertiary/aromatic N) is 2. The van der Waals surface area contributed by atoms with Gasteiger partial charge in [0.25, 0.3) is 5.91 Å². The normalized spacial score (nSPS) is 23.0. The number of nitrogens with two attached hydrogens (primary N) is 1. The molecule has 0 spiro atoms. The summed E-state index contributed by atoms with van der Waals surface area (Å²) in [5.74, 6) is -0.261. The highest BCUT2D eigenvalue weighted by molar-refractivity contribution is 7.89. The van der Waals surface area contributed by atoms with Gasteiger partial charge in [0.2, 0.25) is 15.9 Å². The van der Waals surface area contributed by atoms with E-state index < -0.39 is 10.0 Å². The van der Waals surface area contributed by atoms with Crippen LogP contribution in [-0.4, -0.2) is 68.2 Å². The Morgan fingerprint density at radius 1 is 1.33 bits per heavy atom. The van der Waals surface area contributed by atoms with Crippen molar-refractivity contribution < 1.29 is 18.0 Å². The third-order valence-electron chi connectivity index (χ3n) is 5.21. The zero-order valence-electron chi connectivity index (χ0n) is 15.4. The Bertz CT molecular complexity index is 824. The molecule has 2 fully saturated rings. The van der Waals surface area contributed by atoms with Crippen LogP contribution in [0.5, 0.6) is 0 Å². The average molecular weight is 394 g/mol. The van der Waals surface area contributed by atoms with E-state index in [1.54, 1.807) is 17.0 Å². The summed E-state index contributed by atoms with van der Waals surface area (Å²) in [5.41, 5.74) is 6.32. The number of amides is 2. The molecule has 0 bridgehead atoms. The smallest absolute Gasteiger partial charge is 0.253 e. The summed E-state index contributed by atoms with van der Waals surface area (Å²) in [6.45, 7) is 3.46. The number of piperidine rings is 1. The predicted molar refractivity (Wildman–Crippen MR) is 100 cm³/mol. The molecule has 1 aromatic carbocycles. The van der Waals surface area contributed by atoms with Gasteiger partial charge in [0, 0.05) is 37.8 Å². The van der Waals surface area contributed by atoms with Crippen LogP contribution in [0.25, 0.3) is 0 Å².